The maximum absolute atomic E-state index is 12.7. The fourth-order valence-electron chi connectivity index (χ4n) is 3.13. The molecule has 0 saturated carbocycles. The summed E-state index contributed by atoms with van der Waals surface area (Å²) >= 11 is 0. The number of imidazole rings is 1. The molecule has 1 heterocycles. The summed E-state index contributed by atoms with van der Waals surface area (Å²) in [6, 6.07) is 21.7. The van der Waals surface area contributed by atoms with Crippen LogP contribution in [0.4, 0.5) is 5.69 Å². The minimum absolute atomic E-state index is 0.00366. The summed E-state index contributed by atoms with van der Waals surface area (Å²) in [4.78, 5) is 19.9. The van der Waals surface area contributed by atoms with Crippen molar-refractivity contribution in [3.8, 4) is 11.4 Å². The highest BCUT2D eigenvalue weighted by Crippen LogP contribution is 2.22. The lowest BCUT2D eigenvalue weighted by molar-refractivity contribution is -0.116. The summed E-state index contributed by atoms with van der Waals surface area (Å²) in [5, 5.41) is 2.75. The molecule has 31 heavy (non-hydrogen) atoms. The van der Waals surface area contributed by atoms with E-state index in [0.717, 1.165) is 11.1 Å². The fourth-order valence-corrected chi connectivity index (χ4v) is 4.19. The fraction of sp³-hybridized carbons (Fsp3) is 0.130. The van der Waals surface area contributed by atoms with Gasteiger partial charge in [0.25, 0.3) is 0 Å². The molecule has 4 rings (SSSR count). The first kappa shape index (κ1) is 20.8. The Hall–Kier alpha value is -3.49. The Balaban J connectivity index is 1.40. The Morgan fingerprint density at radius 2 is 1.74 bits per heavy atom. The number of benzene rings is 3. The molecule has 1 amide bonds. The maximum atomic E-state index is 12.7. The summed E-state index contributed by atoms with van der Waals surface area (Å²) in [5.41, 5.74) is 3.99. The van der Waals surface area contributed by atoms with E-state index >= 15 is 0 Å². The van der Waals surface area contributed by atoms with Crippen LogP contribution in [0.1, 0.15) is 12.0 Å². The number of fused-ring (bicyclic) bond motifs is 1. The zero-order valence-electron chi connectivity index (χ0n) is 16.9. The number of anilines is 1. The quantitative estimate of drug-likeness (QED) is 0.411. The van der Waals surface area contributed by atoms with Gasteiger partial charge >= 0.3 is 0 Å². The van der Waals surface area contributed by atoms with E-state index in [-0.39, 0.29) is 23.8 Å². The van der Waals surface area contributed by atoms with Crippen LogP contribution in [0.3, 0.4) is 0 Å². The van der Waals surface area contributed by atoms with Gasteiger partial charge in [-0.1, -0.05) is 48.0 Å². The van der Waals surface area contributed by atoms with Crippen molar-refractivity contribution in [2.24, 2.45) is 0 Å². The van der Waals surface area contributed by atoms with E-state index in [4.69, 9.17) is 0 Å². The topological polar surface area (TPSA) is 104 Å². The predicted octanol–water partition coefficient (Wildman–Crippen LogP) is 3.85. The van der Waals surface area contributed by atoms with Crippen molar-refractivity contribution < 1.29 is 13.2 Å². The zero-order valence-corrected chi connectivity index (χ0v) is 17.7. The van der Waals surface area contributed by atoms with E-state index in [0.29, 0.717) is 22.5 Å². The van der Waals surface area contributed by atoms with Crippen LogP contribution in [-0.2, 0) is 14.8 Å². The molecule has 0 bridgehead atoms. The van der Waals surface area contributed by atoms with Crippen LogP contribution in [0.5, 0.6) is 0 Å². The molecule has 1 aromatic heterocycles. The number of nitrogens with zero attached hydrogens (tertiary/aromatic N) is 1. The maximum Gasteiger partial charge on any atom is 0.240 e. The van der Waals surface area contributed by atoms with Crippen molar-refractivity contribution >= 4 is 32.7 Å². The number of nitrogens with one attached hydrogen (secondary N) is 3. The van der Waals surface area contributed by atoms with Gasteiger partial charge in [0.1, 0.15) is 5.82 Å². The second-order valence-electron chi connectivity index (χ2n) is 7.19. The van der Waals surface area contributed by atoms with Crippen molar-refractivity contribution in [3.05, 3.63) is 78.4 Å². The van der Waals surface area contributed by atoms with Gasteiger partial charge in [0.05, 0.1) is 15.9 Å². The monoisotopic (exact) mass is 434 g/mol. The minimum atomic E-state index is -3.76. The molecule has 0 radical (unpaired) electrons. The third-order valence-corrected chi connectivity index (χ3v) is 6.25. The third kappa shape index (κ3) is 4.99. The normalized spacial score (nSPS) is 11.5. The SMILES string of the molecule is Cc1ccc(NC(=O)CCNS(=O)(=O)c2ccc3nc(-c4ccccc4)[nH]c3c2)cc1. The number of carbonyl (C=O) groups is 1. The van der Waals surface area contributed by atoms with Crippen molar-refractivity contribution in [1.29, 1.82) is 0 Å². The van der Waals surface area contributed by atoms with Crippen LogP contribution in [0.2, 0.25) is 0 Å². The van der Waals surface area contributed by atoms with Crippen LogP contribution < -0.4 is 10.0 Å². The van der Waals surface area contributed by atoms with Gasteiger partial charge < -0.3 is 10.3 Å². The summed E-state index contributed by atoms with van der Waals surface area (Å²) in [5.74, 6) is 0.411. The Kier molecular flexibility index (Phi) is 5.83. The van der Waals surface area contributed by atoms with E-state index < -0.39 is 10.0 Å². The van der Waals surface area contributed by atoms with Gasteiger partial charge in [-0.15, -0.1) is 0 Å². The zero-order chi connectivity index (χ0) is 21.8. The van der Waals surface area contributed by atoms with Crippen molar-refractivity contribution in [1.82, 2.24) is 14.7 Å². The average Bonchev–Trinajstić information content (AvgIpc) is 3.19. The van der Waals surface area contributed by atoms with Crippen LogP contribution in [0, 0.1) is 6.92 Å². The molecular formula is C23H22N4O3S. The smallest absolute Gasteiger partial charge is 0.240 e. The Bertz CT molecular complexity index is 1310. The number of H-pyrrole nitrogens is 1. The van der Waals surface area contributed by atoms with Gasteiger partial charge in [-0.05, 0) is 37.3 Å². The lowest BCUT2D eigenvalue weighted by Gasteiger charge is -2.08. The predicted molar refractivity (Wildman–Crippen MR) is 121 cm³/mol. The molecule has 158 valence electrons. The molecule has 0 saturated heterocycles. The van der Waals surface area contributed by atoms with Crippen LogP contribution >= 0.6 is 0 Å². The van der Waals surface area contributed by atoms with E-state index in [2.05, 4.69) is 20.0 Å². The molecule has 3 aromatic carbocycles. The van der Waals surface area contributed by atoms with Crippen molar-refractivity contribution in [2.45, 2.75) is 18.2 Å². The number of hydrogen-bond donors (Lipinski definition) is 3. The highest BCUT2D eigenvalue weighted by molar-refractivity contribution is 7.89. The van der Waals surface area contributed by atoms with E-state index in [1.54, 1.807) is 24.3 Å². The van der Waals surface area contributed by atoms with Gasteiger partial charge in [0.15, 0.2) is 0 Å². The summed E-state index contributed by atoms with van der Waals surface area (Å²) in [6.07, 6.45) is 0.0254. The highest BCUT2D eigenvalue weighted by atomic mass is 32.2. The summed E-state index contributed by atoms with van der Waals surface area (Å²) < 4.78 is 27.8. The van der Waals surface area contributed by atoms with Crippen LogP contribution in [0.25, 0.3) is 22.4 Å². The number of carbonyl (C=O) groups excluding carboxylic acids is 1. The molecule has 0 atom stereocenters. The number of aromatic nitrogens is 2. The Morgan fingerprint density at radius 1 is 1.00 bits per heavy atom. The van der Waals surface area contributed by atoms with E-state index in [1.807, 2.05) is 49.4 Å². The summed E-state index contributed by atoms with van der Waals surface area (Å²) in [6.45, 7) is 1.96. The molecule has 7 nitrogen and oxygen atoms in total. The Morgan fingerprint density at radius 3 is 2.48 bits per heavy atom. The molecule has 0 aliphatic carbocycles. The highest BCUT2D eigenvalue weighted by Gasteiger charge is 2.16. The minimum Gasteiger partial charge on any atom is -0.338 e. The molecule has 3 N–H and O–H groups in total. The molecule has 8 heteroatoms. The molecule has 0 unspecified atom stereocenters. The van der Waals surface area contributed by atoms with E-state index in [1.165, 1.54) is 6.07 Å². The molecule has 0 fully saturated rings. The average molecular weight is 435 g/mol. The first-order chi connectivity index (χ1) is 14.9. The van der Waals surface area contributed by atoms with Crippen molar-refractivity contribution in [3.63, 3.8) is 0 Å². The number of hydrogen-bond acceptors (Lipinski definition) is 4. The standard InChI is InChI=1S/C23H22N4O3S/c1-16-7-9-18(10-8-16)25-22(28)13-14-24-31(29,30)19-11-12-20-21(15-19)27-23(26-20)17-5-3-2-4-6-17/h2-12,15,24H,13-14H2,1H3,(H,25,28)(H,26,27). The molecule has 0 aliphatic heterocycles. The van der Waals surface area contributed by atoms with Gasteiger partial charge in [-0.2, -0.15) is 0 Å². The first-order valence-corrected chi connectivity index (χ1v) is 11.3. The lowest BCUT2D eigenvalue weighted by atomic mass is 10.2. The molecule has 0 spiro atoms. The molecule has 4 aromatic rings. The molecule has 0 aliphatic rings. The third-order valence-electron chi connectivity index (χ3n) is 4.79. The van der Waals surface area contributed by atoms with Gasteiger partial charge in [-0.3, -0.25) is 4.79 Å². The second kappa shape index (κ2) is 8.71. The number of sulfonamides is 1. The largest absolute Gasteiger partial charge is 0.338 e. The number of amides is 1. The van der Waals surface area contributed by atoms with Crippen LogP contribution in [0.15, 0.2) is 77.7 Å². The number of rotatable bonds is 7. The second-order valence-corrected chi connectivity index (χ2v) is 8.96. The van der Waals surface area contributed by atoms with Gasteiger partial charge in [-0.25, -0.2) is 18.1 Å². The number of aryl methyl sites for hydroxylation is 1. The van der Waals surface area contributed by atoms with Crippen LogP contribution in [-0.4, -0.2) is 30.8 Å². The summed E-state index contributed by atoms with van der Waals surface area (Å²) in [7, 11) is -3.76. The van der Waals surface area contributed by atoms with Gasteiger partial charge in [0.2, 0.25) is 15.9 Å². The van der Waals surface area contributed by atoms with Gasteiger partial charge in [0, 0.05) is 24.2 Å². The lowest BCUT2D eigenvalue weighted by Crippen LogP contribution is -2.27. The number of aromatic amines is 1. The Labute approximate surface area is 180 Å². The van der Waals surface area contributed by atoms with Crippen molar-refractivity contribution in [2.75, 3.05) is 11.9 Å². The van der Waals surface area contributed by atoms with E-state index in [9.17, 15) is 13.2 Å². The molecular weight excluding hydrogens is 412 g/mol. The first-order valence-electron chi connectivity index (χ1n) is 9.82.